The van der Waals surface area contributed by atoms with Crippen LogP contribution >= 0.6 is 11.6 Å². The van der Waals surface area contributed by atoms with Crippen molar-refractivity contribution in [1.29, 1.82) is 0 Å². The predicted octanol–water partition coefficient (Wildman–Crippen LogP) is 3.41. The van der Waals surface area contributed by atoms with Gasteiger partial charge >= 0.3 is 0 Å². The zero-order valence-electron chi connectivity index (χ0n) is 9.88. The third-order valence-electron chi connectivity index (χ3n) is 3.64. The first-order valence-corrected chi connectivity index (χ1v) is 6.10. The van der Waals surface area contributed by atoms with E-state index in [1.165, 1.54) is 0 Å². The minimum absolute atomic E-state index is 0.290. The van der Waals surface area contributed by atoms with Gasteiger partial charge in [0.2, 0.25) is 0 Å². The topological polar surface area (TPSA) is 30.9 Å². The fraction of sp³-hybridized carbons (Fsp3) is 0.385. The van der Waals surface area contributed by atoms with Crippen molar-refractivity contribution >= 4 is 22.5 Å². The van der Waals surface area contributed by atoms with Gasteiger partial charge in [-0.15, -0.1) is 0 Å². The van der Waals surface area contributed by atoms with Crippen molar-refractivity contribution in [2.24, 2.45) is 12.8 Å². The summed E-state index contributed by atoms with van der Waals surface area (Å²) in [6.07, 6.45) is 1.25. The van der Waals surface area contributed by atoms with Crippen molar-refractivity contribution in [3.63, 3.8) is 0 Å². The van der Waals surface area contributed by atoms with Gasteiger partial charge in [0.05, 0.1) is 5.54 Å². The van der Waals surface area contributed by atoms with E-state index in [0.29, 0.717) is 5.02 Å². The summed E-state index contributed by atoms with van der Waals surface area (Å²) in [7, 11) is 1.86. The van der Waals surface area contributed by atoms with Gasteiger partial charge in [-0.05, 0) is 17.7 Å². The molecule has 0 aliphatic heterocycles. The van der Waals surface area contributed by atoms with E-state index in [-0.39, 0.29) is 12.8 Å². The molecular weight excluding hydrogens is 258 g/mol. The van der Waals surface area contributed by atoms with Crippen molar-refractivity contribution < 1.29 is 8.78 Å². The van der Waals surface area contributed by atoms with Crippen molar-refractivity contribution in [3.05, 3.63) is 35.0 Å². The molecule has 0 amide bonds. The lowest BCUT2D eigenvalue weighted by atomic mass is 9.70. The Morgan fingerprint density at radius 3 is 2.61 bits per heavy atom. The summed E-state index contributed by atoms with van der Waals surface area (Å²) in [5, 5.41) is 1.53. The van der Waals surface area contributed by atoms with E-state index in [2.05, 4.69) is 0 Å². The van der Waals surface area contributed by atoms with Crippen LogP contribution < -0.4 is 5.73 Å². The number of nitrogens with two attached hydrogens (primary N) is 1. The summed E-state index contributed by atoms with van der Waals surface area (Å²) in [5.74, 6) is -2.64. The number of aromatic nitrogens is 1. The van der Waals surface area contributed by atoms with Crippen LogP contribution in [0.1, 0.15) is 18.4 Å². The van der Waals surface area contributed by atoms with E-state index in [1.54, 1.807) is 6.07 Å². The Hall–Kier alpha value is -1.13. The summed E-state index contributed by atoms with van der Waals surface area (Å²) in [6.45, 7) is 0. The van der Waals surface area contributed by atoms with Crippen LogP contribution in [0, 0.1) is 0 Å². The van der Waals surface area contributed by atoms with E-state index < -0.39 is 11.5 Å². The molecule has 18 heavy (non-hydrogen) atoms. The highest BCUT2D eigenvalue weighted by molar-refractivity contribution is 6.31. The average Bonchev–Trinajstić information content (AvgIpc) is 2.53. The average molecular weight is 271 g/mol. The van der Waals surface area contributed by atoms with Crippen LogP contribution in [0.2, 0.25) is 5.02 Å². The Morgan fingerprint density at radius 1 is 1.33 bits per heavy atom. The molecule has 1 fully saturated rings. The van der Waals surface area contributed by atoms with Crippen LogP contribution in [0.25, 0.3) is 10.9 Å². The maximum atomic E-state index is 13.1. The number of nitrogens with zero attached hydrogens (tertiary/aromatic N) is 1. The van der Waals surface area contributed by atoms with E-state index in [4.69, 9.17) is 17.3 Å². The number of hydrogen-bond donors (Lipinski definition) is 1. The summed E-state index contributed by atoms with van der Waals surface area (Å²) >= 11 is 5.94. The second kappa shape index (κ2) is 3.45. The molecule has 1 aliphatic rings. The second-order valence-electron chi connectivity index (χ2n) is 5.18. The lowest BCUT2D eigenvalue weighted by Gasteiger charge is -2.44. The Labute approximate surface area is 108 Å². The Bertz CT molecular complexity index is 625. The van der Waals surface area contributed by atoms with E-state index in [1.807, 2.05) is 29.9 Å². The summed E-state index contributed by atoms with van der Waals surface area (Å²) in [5.41, 5.74) is 6.87. The molecule has 96 valence electrons. The van der Waals surface area contributed by atoms with Crippen LogP contribution in [-0.4, -0.2) is 10.5 Å². The van der Waals surface area contributed by atoms with Crippen molar-refractivity contribution in [2.45, 2.75) is 24.3 Å². The quantitative estimate of drug-likeness (QED) is 0.846. The molecule has 1 heterocycles. The van der Waals surface area contributed by atoms with Gasteiger partial charge in [0, 0.05) is 42.0 Å². The van der Waals surface area contributed by atoms with Gasteiger partial charge in [-0.1, -0.05) is 17.7 Å². The number of fused-ring (bicyclic) bond motifs is 1. The number of halogens is 3. The molecule has 0 saturated heterocycles. The largest absolute Gasteiger partial charge is 0.350 e. The third-order valence-corrected chi connectivity index (χ3v) is 3.87. The Kier molecular flexibility index (Phi) is 2.29. The van der Waals surface area contributed by atoms with Gasteiger partial charge in [-0.2, -0.15) is 0 Å². The molecule has 1 aromatic heterocycles. The normalized spacial score (nSPS) is 20.9. The molecule has 1 aliphatic carbocycles. The molecule has 0 spiro atoms. The van der Waals surface area contributed by atoms with Gasteiger partial charge in [-0.25, -0.2) is 8.78 Å². The number of aryl methyl sites for hydroxylation is 1. The third kappa shape index (κ3) is 1.63. The Balaban J connectivity index is 2.14. The summed E-state index contributed by atoms with van der Waals surface area (Å²) < 4.78 is 28.0. The molecule has 2 aromatic rings. The van der Waals surface area contributed by atoms with Crippen LogP contribution in [0.4, 0.5) is 8.78 Å². The van der Waals surface area contributed by atoms with Crippen LogP contribution in [0.3, 0.4) is 0 Å². The minimum atomic E-state index is -2.64. The Morgan fingerprint density at radius 2 is 2.00 bits per heavy atom. The molecule has 3 rings (SSSR count). The highest BCUT2D eigenvalue weighted by Crippen LogP contribution is 2.51. The van der Waals surface area contributed by atoms with E-state index >= 15 is 0 Å². The molecule has 2 nitrogen and oxygen atoms in total. The zero-order valence-corrected chi connectivity index (χ0v) is 10.6. The zero-order chi connectivity index (χ0) is 13.1. The van der Waals surface area contributed by atoms with Gasteiger partial charge in [-0.3, -0.25) is 0 Å². The number of rotatable bonds is 1. The molecule has 2 N–H and O–H groups in total. The first-order chi connectivity index (χ1) is 8.31. The van der Waals surface area contributed by atoms with Crippen LogP contribution in [0.5, 0.6) is 0 Å². The fourth-order valence-corrected chi connectivity index (χ4v) is 2.98. The SMILES string of the molecule is Cn1cc(C2(N)CC(F)(F)C2)c2ccc(Cl)cc21. The molecule has 1 aromatic carbocycles. The molecular formula is C13H13ClF2N2. The van der Waals surface area contributed by atoms with Crippen molar-refractivity contribution in [2.75, 3.05) is 0 Å². The molecule has 0 bridgehead atoms. The van der Waals surface area contributed by atoms with E-state index in [0.717, 1.165) is 16.5 Å². The van der Waals surface area contributed by atoms with Crippen molar-refractivity contribution in [1.82, 2.24) is 4.57 Å². The van der Waals surface area contributed by atoms with Crippen molar-refractivity contribution in [3.8, 4) is 0 Å². The van der Waals surface area contributed by atoms with Crippen LogP contribution in [0.15, 0.2) is 24.4 Å². The van der Waals surface area contributed by atoms with Gasteiger partial charge in [0.1, 0.15) is 0 Å². The van der Waals surface area contributed by atoms with Gasteiger partial charge in [0.25, 0.3) is 5.92 Å². The standard InChI is InChI=1S/C13H13ClF2N2/c1-18-5-10(12(17)6-13(15,16)7-12)9-3-2-8(14)4-11(9)18/h2-5H,6-7,17H2,1H3. The number of hydrogen-bond acceptors (Lipinski definition) is 1. The first kappa shape index (κ1) is 11.9. The molecule has 0 radical (unpaired) electrons. The number of alkyl halides is 2. The monoisotopic (exact) mass is 270 g/mol. The number of benzene rings is 1. The molecule has 0 unspecified atom stereocenters. The fourth-order valence-electron chi connectivity index (χ4n) is 2.82. The lowest BCUT2D eigenvalue weighted by Crippen LogP contribution is -2.55. The summed E-state index contributed by atoms with van der Waals surface area (Å²) in [6, 6.07) is 5.42. The highest BCUT2D eigenvalue weighted by Gasteiger charge is 2.55. The maximum absolute atomic E-state index is 13.1. The van der Waals surface area contributed by atoms with E-state index in [9.17, 15) is 8.78 Å². The first-order valence-electron chi connectivity index (χ1n) is 5.73. The summed E-state index contributed by atoms with van der Waals surface area (Å²) in [4.78, 5) is 0. The molecule has 1 saturated carbocycles. The van der Waals surface area contributed by atoms with Crippen LogP contribution in [-0.2, 0) is 12.6 Å². The lowest BCUT2D eigenvalue weighted by molar-refractivity contribution is -0.124. The second-order valence-corrected chi connectivity index (χ2v) is 5.62. The van der Waals surface area contributed by atoms with Gasteiger partial charge < -0.3 is 10.3 Å². The molecule has 5 heteroatoms. The molecule has 0 atom stereocenters. The predicted molar refractivity (Wildman–Crippen MR) is 68.0 cm³/mol. The highest BCUT2D eigenvalue weighted by atomic mass is 35.5. The smallest absolute Gasteiger partial charge is 0.252 e. The maximum Gasteiger partial charge on any atom is 0.252 e. The van der Waals surface area contributed by atoms with Gasteiger partial charge in [0.15, 0.2) is 0 Å². The minimum Gasteiger partial charge on any atom is -0.350 e.